The third kappa shape index (κ3) is 3.06. The van der Waals surface area contributed by atoms with Crippen molar-refractivity contribution in [3.05, 3.63) is 29.8 Å². The van der Waals surface area contributed by atoms with Crippen LogP contribution in [0.25, 0.3) is 0 Å². The molecule has 7 heteroatoms. The van der Waals surface area contributed by atoms with Crippen LogP contribution in [0.1, 0.15) is 36.0 Å². The first-order valence-corrected chi connectivity index (χ1v) is 8.08. The largest absolute Gasteiger partial charge is 0.468 e. The predicted molar refractivity (Wildman–Crippen MR) is 87.7 cm³/mol. The van der Waals surface area contributed by atoms with Crippen LogP contribution in [0.5, 0.6) is 0 Å². The van der Waals surface area contributed by atoms with Crippen LogP contribution in [0, 0.1) is 0 Å². The Bertz CT molecular complexity index is 647. The third-order valence-corrected chi connectivity index (χ3v) is 4.92. The van der Waals surface area contributed by atoms with E-state index in [-0.39, 0.29) is 24.0 Å². The lowest BCUT2D eigenvalue weighted by molar-refractivity contribution is -0.139. The van der Waals surface area contributed by atoms with Crippen LogP contribution in [0.4, 0.5) is 10.5 Å². The van der Waals surface area contributed by atoms with Gasteiger partial charge in [0.1, 0.15) is 6.54 Å². The Hall–Kier alpha value is -2.57. The molecule has 1 aliphatic heterocycles. The van der Waals surface area contributed by atoms with E-state index in [2.05, 4.69) is 15.4 Å². The van der Waals surface area contributed by atoms with Crippen LogP contribution >= 0.6 is 0 Å². The van der Waals surface area contributed by atoms with Gasteiger partial charge in [0.15, 0.2) is 0 Å². The molecule has 0 aromatic heterocycles. The summed E-state index contributed by atoms with van der Waals surface area (Å²) < 4.78 is 4.46. The fourth-order valence-electron chi connectivity index (χ4n) is 3.18. The molecule has 0 radical (unpaired) electrons. The van der Waals surface area contributed by atoms with Crippen molar-refractivity contribution in [1.82, 2.24) is 10.2 Å². The van der Waals surface area contributed by atoms with E-state index in [1.54, 1.807) is 24.3 Å². The molecule has 1 aliphatic carbocycles. The number of carbonyl (C=O) groups is 3. The number of carbonyl (C=O) groups excluding carboxylic acids is 3. The van der Waals surface area contributed by atoms with Gasteiger partial charge in [0.25, 0.3) is 5.91 Å². The van der Waals surface area contributed by atoms with E-state index in [1.165, 1.54) is 13.5 Å². The summed E-state index contributed by atoms with van der Waals surface area (Å²) in [6.45, 7) is 0.630. The van der Waals surface area contributed by atoms with Gasteiger partial charge in [-0.3, -0.25) is 9.59 Å². The molecule has 1 saturated carbocycles. The number of amides is 3. The number of ether oxygens (including phenoxy) is 1. The van der Waals surface area contributed by atoms with Crippen molar-refractivity contribution in [3.8, 4) is 0 Å². The van der Waals surface area contributed by atoms with Crippen molar-refractivity contribution in [3.63, 3.8) is 0 Å². The third-order valence-electron chi connectivity index (χ3n) is 4.92. The van der Waals surface area contributed by atoms with Crippen molar-refractivity contribution >= 4 is 23.6 Å². The zero-order chi connectivity index (χ0) is 17.2. The lowest BCUT2D eigenvalue weighted by Crippen LogP contribution is -2.66. The minimum atomic E-state index is -0.508. The van der Waals surface area contributed by atoms with Crippen molar-refractivity contribution in [2.24, 2.45) is 0 Å². The lowest BCUT2D eigenvalue weighted by Gasteiger charge is -2.58. The summed E-state index contributed by atoms with van der Waals surface area (Å²) in [6.07, 6.45) is 4.48. The van der Waals surface area contributed by atoms with E-state index in [1.807, 2.05) is 4.90 Å². The number of rotatable bonds is 4. The molecule has 128 valence electrons. The molecule has 1 spiro atoms. The van der Waals surface area contributed by atoms with Crippen LogP contribution in [0.3, 0.4) is 0 Å². The Labute approximate surface area is 140 Å². The molecule has 2 aliphatic rings. The number of benzene rings is 1. The van der Waals surface area contributed by atoms with E-state index in [4.69, 9.17) is 0 Å². The number of likely N-dealkylation sites (tertiary alicyclic amines) is 1. The first-order valence-electron chi connectivity index (χ1n) is 8.08. The van der Waals surface area contributed by atoms with Crippen LogP contribution in [0.15, 0.2) is 24.3 Å². The molecule has 0 atom stereocenters. The maximum absolute atomic E-state index is 12.3. The molecule has 2 N–H and O–H groups in total. The summed E-state index contributed by atoms with van der Waals surface area (Å²) in [6, 6.07) is 6.49. The monoisotopic (exact) mass is 331 g/mol. The van der Waals surface area contributed by atoms with Crippen molar-refractivity contribution in [2.75, 3.05) is 25.5 Å². The van der Waals surface area contributed by atoms with E-state index in [0.717, 1.165) is 25.8 Å². The Balaban J connectivity index is 1.53. The molecule has 0 bridgehead atoms. The zero-order valence-corrected chi connectivity index (χ0v) is 13.6. The molecule has 0 unspecified atom stereocenters. The quantitative estimate of drug-likeness (QED) is 0.823. The number of hydrogen-bond acceptors (Lipinski definition) is 4. The van der Waals surface area contributed by atoms with Crippen LogP contribution in [0.2, 0.25) is 0 Å². The van der Waals surface area contributed by atoms with Crippen molar-refractivity contribution in [1.29, 1.82) is 0 Å². The molecule has 1 aromatic rings. The standard InChI is InChI=1S/C17H21N3O4/c1-24-14(21)11-18-15(22)12-3-5-13(6-4-12)19-16(23)20-10-9-17(20)7-2-8-17/h3-6H,2,7-11H2,1H3,(H,18,22)(H,19,23). The highest BCUT2D eigenvalue weighted by atomic mass is 16.5. The Morgan fingerprint density at radius 2 is 1.88 bits per heavy atom. The van der Waals surface area contributed by atoms with E-state index < -0.39 is 5.97 Å². The first kappa shape index (κ1) is 16.3. The smallest absolute Gasteiger partial charge is 0.325 e. The average Bonchev–Trinajstić information content (AvgIpc) is 2.50. The van der Waals surface area contributed by atoms with Gasteiger partial charge in [-0.2, -0.15) is 0 Å². The fourth-order valence-corrected chi connectivity index (χ4v) is 3.18. The summed E-state index contributed by atoms with van der Waals surface area (Å²) in [5.74, 6) is -0.874. The second-order valence-electron chi connectivity index (χ2n) is 6.25. The maximum atomic E-state index is 12.3. The SMILES string of the molecule is COC(=O)CNC(=O)c1ccc(NC(=O)N2CCC23CCC3)cc1. The molecule has 3 amide bonds. The van der Waals surface area contributed by atoms with Crippen LogP contribution < -0.4 is 10.6 Å². The highest BCUT2D eigenvalue weighted by Crippen LogP contribution is 2.47. The van der Waals surface area contributed by atoms with E-state index in [9.17, 15) is 14.4 Å². The van der Waals surface area contributed by atoms with Gasteiger partial charge < -0.3 is 20.3 Å². The van der Waals surface area contributed by atoms with Gasteiger partial charge in [-0.1, -0.05) is 0 Å². The van der Waals surface area contributed by atoms with Crippen molar-refractivity contribution in [2.45, 2.75) is 31.2 Å². The Morgan fingerprint density at radius 3 is 2.38 bits per heavy atom. The molecule has 2 fully saturated rings. The average molecular weight is 331 g/mol. The number of hydrogen-bond donors (Lipinski definition) is 2. The first-order chi connectivity index (χ1) is 11.5. The topological polar surface area (TPSA) is 87.7 Å². The number of nitrogens with zero attached hydrogens (tertiary/aromatic N) is 1. The minimum Gasteiger partial charge on any atom is -0.468 e. The van der Waals surface area contributed by atoms with Gasteiger partial charge in [0.2, 0.25) is 0 Å². The van der Waals surface area contributed by atoms with E-state index >= 15 is 0 Å². The van der Waals surface area contributed by atoms with Gasteiger partial charge in [-0.25, -0.2) is 4.79 Å². The molecule has 7 nitrogen and oxygen atoms in total. The summed E-state index contributed by atoms with van der Waals surface area (Å²) in [5, 5.41) is 5.34. The summed E-state index contributed by atoms with van der Waals surface area (Å²) in [4.78, 5) is 37.1. The van der Waals surface area contributed by atoms with Gasteiger partial charge in [0.05, 0.1) is 7.11 Å². The molecule has 24 heavy (non-hydrogen) atoms. The summed E-state index contributed by atoms with van der Waals surface area (Å²) >= 11 is 0. The molecular formula is C17H21N3O4. The molecule has 1 heterocycles. The number of esters is 1. The van der Waals surface area contributed by atoms with Crippen molar-refractivity contribution < 1.29 is 19.1 Å². The second-order valence-corrected chi connectivity index (χ2v) is 6.25. The minimum absolute atomic E-state index is 0.0798. The zero-order valence-electron chi connectivity index (χ0n) is 13.6. The number of urea groups is 1. The number of methoxy groups -OCH3 is 1. The molecule has 3 rings (SSSR count). The Kier molecular flexibility index (Phi) is 4.42. The highest BCUT2D eigenvalue weighted by molar-refractivity contribution is 5.97. The van der Waals surface area contributed by atoms with Gasteiger partial charge in [-0.05, 0) is 49.9 Å². The predicted octanol–water partition coefficient (Wildman–Crippen LogP) is 1.75. The second kappa shape index (κ2) is 6.51. The highest BCUT2D eigenvalue weighted by Gasteiger charge is 2.51. The van der Waals surface area contributed by atoms with Gasteiger partial charge in [0, 0.05) is 23.3 Å². The lowest BCUT2D eigenvalue weighted by atomic mass is 9.68. The molecular weight excluding hydrogens is 310 g/mol. The normalized spacial score (nSPS) is 17.5. The molecule has 1 aromatic carbocycles. The summed E-state index contributed by atoms with van der Waals surface area (Å²) in [7, 11) is 1.26. The Morgan fingerprint density at radius 1 is 1.17 bits per heavy atom. The van der Waals surface area contributed by atoms with Crippen LogP contribution in [-0.4, -0.2) is 48.5 Å². The summed E-state index contributed by atoms with van der Waals surface area (Å²) in [5.41, 5.74) is 1.17. The van der Waals surface area contributed by atoms with Crippen LogP contribution in [-0.2, 0) is 9.53 Å². The van der Waals surface area contributed by atoms with Gasteiger partial charge in [-0.15, -0.1) is 0 Å². The maximum Gasteiger partial charge on any atom is 0.325 e. The number of nitrogens with one attached hydrogen (secondary N) is 2. The molecule has 1 saturated heterocycles. The number of anilines is 1. The fraction of sp³-hybridized carbons (Fsp3) is 0.471. The van der Waals surface area contributed by atoms with Gasteiger partial charge >= 0.3 is 12.0 Å². The van der Waals surface area contributed by atoms with E-state index in [0.29, 0.717) is 11.3 Å².